The molecule has 0 aromatic carbocycles. The van der Waals surface area contributed by atoms with Gasteiger partial charge < -0.3 is 14.9 Å². The van der Waals surface area contributed by atoms with Crippen molar-refractivity contribution in [3.63, 3.8) is 0 Å². The molecule has 1 N–H and O–H groups in total. The minimum atomic E-state index is -0.284. The number of hydrogen-bond donors (Lipinski definition) is 1. The van der Waals surface area contributed by atoms with Crippen LogP contribution in [0.5, 0.6) is 0 Å². The number of pyridine rings is 1. The highest BCUT2D eigenvalue weighted by molar-refractivity contribution is 5.93. The highest BCUT2D eigenvalue weighted by atomic mass is 16.3. The summed E-state index contributed by atoms with van der Waals surface area (Å²) in [6.45, 7) is 8.91. The van der Waals surface area contributed by atoms with Gasteiger partial charge in [-0.25, -0.2) is 0 Å². The number of aliphatic hydroxyl groups excluding tert-OH is 1. The molecular weight excluding hydrogens is 266 g/mol. The van der Waals surface area contributed by atoms with Crippen LogP contribution in [0.3, 0.4) is 0 Å². The van der Waals surface area contributed by atoms with E-state index in [-0.39, 0.29) is 12.0 Å². The van der Waals surface area contributed by atoms with Crippen LogP contribution in [-0.2, 0) is 0 Å². The molecule has 2 rings (SSSR count). The van der Waals surface area contributed by atoms with Crippen molar-refractivity contribution in [2.45, 2.75) is 33.3 Å². The summed E-state index contributed by atoms with van der Waals surface area (Å²) < 4.78 is 0. The van der Waals surface area contributed by atoms with E-state index in [2.05, 4.69) is 9.88 Å². The molecule has 2 unspecified atom stereocenters. The third-order valence-electron chi connectivity index (χ3n) is 4.29. The first-order valence-electron chi connectivity index (χ1n) is 7.75. The quantitative estimate of drug-likeness (QED) is 0.898. The Labute approximate surface area is 126 Å². The Hall–Kier alpha value is -1.62. The average molecular weight is 291 g/mol. The predicted octanol–water partition coefficient (Wildman–Crippen LogP) is 1.77. The minimum Gasteiger partial charge on any atom is -0.393 e. The molecule has 1 amide bonds. The molecule has 1 aliphatic rings. The Morgan fingerprint density at radius 2 is 2.24 bits per heavy atom. The summed E-state index contributed by atoms with van der Waals surface area (Å²) in [6.07, 6.45) is 2.40. The van der Waals surface area contributed by atoms with Crippen LogP contribution in [0.25, 0.3) is 0 Å². The van der Waals surface area contributed by atoms with E-state index in [0.29, 0.717) is 24.7 Å². The van der Waals surface area contributed by atoms with E-state index in [0.717, 1.165) is 25.2 Å². The fourth-order valence-electron chi connectivity index (χ4n) is 2.82. The van der Waals surface area contributed by atoms with Crippen LogP contribution in [0.4, 0.5) is 5.69 Å². The SMILES string of the molecule is CCN(CC)C(=O)c1cc(N2CCC(C(C)O)C2)ccn1. The smallest absolute Gasteiger partial charge is 0.272 e. The molecule has 2 atom stereocenters. The van der Waals surface area contributed by atoms with E-state index in [1.54, 1.807) is 11.1 Å². The second-order valence-corrected chi connectivity index (χ2v) is 5.61. The number of hydrogen-bond acceptors (Lipinski definition) is 4. The van der Waals surface area contributed by atoms with Crippen LogP contribution in [-0.4, -0.2) is 53.2 Å². The van der Waals surface area contributed by atoms with Gasteiger partial charge in [0, 0.05) is 44.0 Å². The topological polar surface area (TPSA) is 56.7 Å². The molecule has 21 heavy (non-hydrogen) atoms. The van der Waals surface area contributed by atoms with Gasteiger partial charge in [-0.3, -0.25) is 9.78 Å². The van der Waals surface area contributed by atoms with Gasteiger partial charge in [0.25, 0.3) is 5.91 Å². The molecule has 5 heteroatoms. The molecule has 1 aromatic rings. The maximum Gasteiger partial charge on any atom is 0.272 e. The lowest BCUT2D eigenvalue weighted by Crippen LogP contribution is -2.31. The predicted molar refractivity (Wildman–Crippen MR) is 83.5 cm³/mol. The van der Waals surface area contributed by atoms with Gasteiger partial charge in [0.15, 0.2) is 0 Å². The van der Waals surface area contributed by atoms with Crippen molar-refractivity contribution in [2.24, 2.45) is 5.92 Å². The molecule has 2 heterocycles. The molecule has 1 saturated heterocycles. The third-order valence-corrected chi connectivity index (χ3v) is 4.29. The van der Waals surface area contributed by atoms with E-state index in [9.17, 15) is 9.90 Å². The Balaban J connectivity index is 2.13. The number of carbonyl (C=O) groups is 1. The Bertz CT molecular complexity index is 486. The second-order valence-electron chi connectivity index (χ2n) is 5.61. The lowest BCUT2D eigenvalue weighted by molar-refractivity contribution is 0.0767. The number of rotatable bonds is 5. The van der Waals surface area contributed by atoms with Gasteiger partial charge in [0.05, 0.1) is 6.10 Å². The maximum absolute atomic E-state index is 12.4. The molecule has 116 valence electrons. The fourth-order valence-corrected chi connectivity index (χ4v) is 2.82. The third kappa shape index (κ3) is 3.53. The molecule has 0 aliphatic carbocycles. The Kier molecular flexibility index (Phi) is 5.17. The summed E-state index contributed by atoms with van der Waals surface area (Å²) in [5, 5.41) is 9.70. The number of aliphatic hydroxyl groups is 1. The molecular formula is C16H25N3O2. The van der Waals surface area contributed by atoms with Gasteiger partial charge in [-0.05, 0) is 39.3 Å². The molecule has 0 radical (unpaired) electrons. The van der Waals surface area contributed by atoms with Gasteiger partial charge in [-0.15, -0.1) is 0 Å². The normalized spacial score (nSPS) is 19.6. The largest absolute Gasteiger partial charge is 0.393 e. The summed E-state index contributed by atoms with van der Waals surface area (Å²) in [5.41, 5.74) is 1.51. The standard InChI is InChI=1S/C16H25N3O2/c1-4-18(5-2)16(21)15-10-14(6-8-17-15)19-9-7-13(11-19)12(3)20/h6,8,10,12-13,20H,4-5,7,9,11H2,1-3H3. The van der Waals surface area contributed by atoms with E-state index < -0.39 is 0 Å². The molecule has 0 bridgehead atoms. The van der Waals surface area contributed by atoms with Crippen molar-refractivity contribution >= 4 is 11.6 Å². The first kappa shape index (κ1) is 15.8. The second kappa shape index (κ2) is 6.89. The van der Waals surface area contributed by atoms with Gasteiger partial charge in [0.1, 0.15) is 5.69 Å². The van der Waals surface area contributed by atoms with Crippen LogP contribution in [0.2, 0.25) is 0 Å². The minimum absolute atomic E-state index is 0.0203. The lowest BCUT2D eigenvalue weighted by atomic mass is 10.0. The van der Waals surface area contributed by atoms with Gasteiger partial charge in [-0.2, -0.15) is 0 Å². The van der Waals surface area contributed by atoms with Crippen molar-refractivity contribution in [3.8, 4) is 0 Å². The van der Waals surface area contributed by atoms with Gasteiger partial charge >= 0.3 is 0 Å². The zero-order valence-corrected chi connectivity index (χ0v) is 13.1. The number of aromatic nitrogens is 1. The summed E-state index contributed by atoms with van der Waals surface area (Å²) in [4.78, 5) is 20.6. The Morgan fingerprint density at radius 1 is 1.52 bits per heavy atom. The molecule has 0 spiro atoms. The Morgan fingerprint density at radius 3 is 2.81 bits per heavy atom. The van der Waals surface area contributed by atoms with Gasteiger partial charge in [-0.1, -0.05) is 0 Å². The fraction of sp³-hybridized carbons (Fsp3) is 0.625. The lowest BCUT2D eigenvalue weighted by Gasteiger charge is -2.22. The van der Waals surface area contributed by atoms with E-state index >= 15 is 0 Å². The van der Waals surface area contributed by atoms with Crippen LogP contribution >= 0.6 is 0 Å². The summed E-state index contributed by atoms with van der Waals surface area (Å²) in [5.74, 6) is 0.285. The number of anilines is 1. The van der Waals surface area contributed by atoms with Crippen LogP contribution < -0.4 is 4.90 Å². The highest BCUT2D eigenvalue weighted by Crippen LogP contribution is 2.26. The van der Waals surface area contributed by atoms with Crippen molar-refractivity contribution in [1.29, 1.82) is 0 Å². The summed E-state index contributed by atoms with van der Waals surface area (Å²) >= 11 is 0. The van der Waals surface area contributed by atoms with Crippen molar-refractivity contribution in [3.05, 3.63) is 24.0 Å². The van der Waals surface area contributed by atoms with E-state index in [1.165, 1.54) is 0 Å². The first-order chi connectivity index (χ1) is 10.1. The number of amides is 1. The number of nitrogens with zero attached hydrogens (tertiary/aromatic N) is 3. The molecule has 0 saturated carbocycles. The summed E-state index contributed by atoms with van der Waals surface area (Å²) in [6, 6.07) is 3.80. The van der Waals surface area contributed by atoms with Crippen molar-refractivity contribution < 1.29 is 9.90 Å². The summed E-state index contributed by atoms with van der Waals surface area (Å²) in [7, 11) is 0. The van der Waals surface area contributed by atoms with Crippen LogP contribution in [0.1, 0.15) is 37.7 Å². The molecule has 1 aliphatic heterocycles. The van der Waals surface area contributed by atoms with Crippen LogP contribution in [0, 0.1) is 5.92 Å². The monoisotopic (exact) mass is 291 g/mol. The van der Waals surface area contributed by atoms with Crippen molar-refractivity contribution in [2.75, 3.05) is 31.1 Å². The average Bonchev–Trinajstić information content (AvgIpc) is 2.98. The molecule has 5 nitrogen and oxygen atoms in total. The number of carbonyl (C=O) groups excluding carboxylic acids is 1. The highest BCUT2D eigenvalue weighted by Gasteiger charge is 2.26. The zero-order valence-electron chi connectivity index (χ0n) is 13.1. The first-order valence-corrected chi connectivity index (χ1v) is 7.75. The molecule has 1 aromatic heterocycles. The zero-order chi connectivity index (χ0) is 15.4. The van der Waals surface area contributed by atoms with Crippen LogP contribution in [0.15, 0.2) is 18.3 Å². The van der Waals surface area contributed by atoms with Gasteiger partial charge in [0.2, 0.25) is 0 Å². The maximum atomic E-state index is 12.4. The van der Waals surface area contributed by atoms with E-state index in [1.807, 2.05) is 32.9 Å². The molecule has 1 fully saturated rings. The van der Waals surface area contributed by atoms with E-state index in [4.69, 9.17) is 0 Å². The van der Waals surface area contributed by atoms with Crippen molar-refractivity contribution in [1.82, 2.24) is 9.88 Å².